The number of rotatable bonds is 6. The molecule has 0 radical (unpaired) electrons. The summed E-state index contributed by atoms with van der Waals surface area (Å²) in [6.45, 7) is 4.11. The molecule has 0 saturated carbocycles. The average molecular weight is 470 g/mol. The standard InChI is InChI=1S/C24H24FN3O4S/c1-17-4-2-3-5-22(17)27-33(30,31)20-9-6-18(7-10-20)24(29)26-19-8-11-23(21(25)16-19)28-12-14-32-15-13-28/h2-11,16,27H,12-15H2,1H3,(H,26,29). The SMILES string of the molecule is Cc1ccccc1NS(=O)(=O)c1ccc(C(=O)Nc2ccc(N3CCOCC3)c(F)c2)cc1. The van der Waals surface area contributed by atoms with Crippen molar-refractivity contribution < 1.29 is 22.3 Å². The lowest BCUT2D eigenvalue weighted by Gasteiger charge is -2.29. The Balaban J connectivity index is 1.44. The number of para-hydroxylation sites is 1. The summed E-state index contributed by atoms with van der Waals surface area (Å²) in [5.74, 6) is -0.900. The number of aryl methyl sites for hydroxylation is 1. The van der Waals surface area contributed by atoms with E-state index < -0.39 is 21.7 Å². The lowest BCUT2D eigenvalue weighted by Crippen LogP contribution is -2.36. The smallest absolute Gasteiger partial charge is 0.261 e. The molecule has 0 spiro atoms. The molecule has 3 aromatic carbocycles. The van der Waals surface area contributed by atoms with Gasteiger partial charge in [-0.2, -0.15) is 0 Å². The third kappa shape index (κ3) is 5.32. The van der Waals surface area contributed by atoms with Crippen molar-refractivity contribution in [3.8, 4) is 0 Å². The first-order valence-electron chi connectivity index (χ1n) is 10.5. The van der Waals surface area contributed by atoms with E-state index in [9.17, 15) is 17.6 Å². The van der Waals surface area contributed by atoms with Crippen LogP contribution in [0.1, 0.15) is 15.9 Å². The minimum atomic E-state index is -3.80. The predicted octanol–water partition coefficient (Wildman–Crippen LogP) is 4.02. The van der Waals surface area contributed by atoms with Gasteiger partial charge in [0.05, 0.1) is 29.5 Å². The molecule has 7 nitrogen and oxygen atoms in total. The van der Waals surface area contributed by atoms with Gasteiger partial charge in [-0.15, -0.1) is 0 Å². The van der Waals surface area contributed by atoms with Gasteiger partial charge in [0, 0.05) is 24.3 Å². The number of carbonyl (C=O) groups is 1. The second-order valence-corrected chi connectivity index (χ2v) is 9.35. The second kappa shape index (κ2) is 9.60. The van der Waals surface area contributed by atoms with Crippen molar-refractivity contribution >= 4 is 33.0 Å². The molecule has 0 bridgehead atoms. The zero-order valence-corrected chi connectivity index (χ0v) is 18.9. The maximum atomic E-state index is 14.6. The Morgan fingerprint density at radius 3 is 2.36 bits per heavy atom. The van der Waals surface area contributed by atoms with Gasteiger partial charge in [-0.1, -0.05) is 18.2 Å². The molecule has 1 heterocycles. The van der Waals surface area contributed by atoms with E-state index >= 15 is 0 Å². The average Bonchev–Trinajstić information content (AvgIpc) is 2.81. The highest BCUT2D eigenvalue weighted by atomic mass is 32.2. The number of anilines is 3. The number of halogens is 1. The molecule has 1 amide bonds. The number of carbonyl (C=O) groups excluding carboxylic acids is 1. The van der Waals surface area contributed by atoms with E-state index in [-0.39, 0.29) is 10.5 Å². The van der Waals surface area contributed by atoms with E-state index in [1.807, 2.05) is 24.0 Å². The molecule has 9 heteroatoms. The normalized spacial score (nSPS) is 14.1. The third-order valence-electron chi connectivity index (χ3n) is 5.37. The molecule has 4 rings (SSSR count). The fourth-order valence-electron chi connectivity index (χ4n) is 3.53. The van der Waals surface area contributed by atoms with Gasteiger partial charge in [-0.3, -0.25) is 9.52 Å². The first kappa shape index (κ1) is 22.8. The highest BCUT2D eigenvalue weighted by Gasteiger charge is 2.18. The quantitative estimate of drug-likeness (QED) is 0.569. The van der Waals surface area contributed by atoms with Gasteiger partial charge in [0.1, 0.15) is 5.82 Å². The van der Waals surface area contributed by atoms with Gasteiger partial charge in [0.25, 0.3) is 15.9 Å². The van der Waals surface area contributed by atoms with Gasteiger partial charge >= 0.3 is 0 Å². The van der Waals surface area contributed by atoms with E-state index in [0.29, 0.717) is 43.4 Å². The molecule has 1 aliphatic heterocycles. The van der Waals surface area contributed by atoms with E-state index in [4.69, 9.17) is 4.74 Å². The van der Waals surface area contributed by atoms with E-state index in [1.165, 1.54) is 30.3 Å². The molecule has 0 aliphatic carbocycles. The summed E-state index contributed by atoms with van der Waals surface area (Å²) in [6, 6.07) is 17.1. The van der Waals surface area contributed by atoms with Crippen LogP contribution in [0.2, 0.25) is 0 Å². The number of hydrogen-bond acceptors (Lipinski definition) is 5. The molecule has 0 aromatic heterocycles. The molecule has 1 aliphatic rings. The topological polar surface area (TPSA) is 87.7 Å². The van der Waals surface area contributed by atoms with Crippen molar-refractivity contribution in [2.75, 3.05) is 41.2 Å². The molecule has 1 fully saturated rings. The zero-order valence-electron chi connectivity index (χ0n) is 18.0. The number of hydrogen-bond donors (Lipinski definition) is 2. The highest BCUT2D eigenvalue weighted by molar-refractivity contribution is 7.92. The Hall–Kier alpha value is -3.43. The summed E-state index contributed by atoms with van der Waals surface area (Å²) < 4.78 is 47.7. The minimum absolute atomic E-state index is 0.0308. The number of amides is 1. The fourth-order valence-corrected chi connectivity index (χ4v) is 4.66. The molecule has 0 atom stereocenters. The van der Waals surface area contributed by atoms with Crippen molar-refractivity contribution in [3.05, 3.63) is 83.7 Å². The van der Waals surface area contributed by atoms with E-state index in [2.05, 4.69) is 10.0 Å². The van der Waals surface area contributed by atoms with Crippen molar-refractivity contribution in [1.29, 1.82) is 0 Å². The Kier molecular flexibility index (Phi) is 6.62. The molecule has 2 N–H and O–H groups in total. The van der Waals surface area contributed by atoms with Gasteiger partial charge in [-0.05, 0) is 61.0 Å². The summed E-state index contributed by atoms with van der Waals surface area (Å²) in [5.41, 5.74) is 2.31. The van der Waals surface area contributed by atoms with Crippen LogP contribution < -0.4 is 14.9 Å². The maximum Gasteiger partial charge on any atom is 0.261 e. The van der Waals surface area contributed by atoms with Crippen LogP contribution in [-0.2, 0) is 14.8 Å². The van der Waals surface area contributed by atoms with Crippen LogP contribution >= 0.6 is 0 Å². The maximum absolute atomic E-state index is 14.6. The van der Waals surface area contributed by atoms with Crippen LogP contribution in [0.25, 0.3) is 0 Å². The Morgan fingerprint density at radius 2 is 1.70 bits per heavy atom. The fraction of sp³-hybridized carbons (Fsp3) is 0.208. The van der Waals surface area contributed by atoms with Crippen LogP contribution in [0.3, 0.4) is 0 Å². The first-order valence-corrected chi connectivity index (χ1v) is 11.9. The summed E-state index contributed by atoms with van der Waals surface area (Å²) >= 11 is 0. The summed E-state index contributed by atoms with van der Waals surface area (Å²) in [7, 11) is -3.80. The number of nitrogens with zero attached hydrogens (tertiary/aromatic N) is 1. The van der Waals surface area contributed by atoms with Crippen LogP contribution in [-0.4, -0.2) is 40.6 Å². The highest BCUT2D eigenvalue weighted by Crippen LogP contribution is 2.24. The Morgan fingerprint density at radius 1 is 1.00 bits per heavy atom. The van der Waals surface area contributed by atoms with Gasteiger partial charge < -0.3 is 15.0 Å². The molecule has 172 valence electrons. The molecule has 1 saturated heterocycles. The Labute approximate surface area is 192 Å². The lowest BCUT2D eigenvalue weighted by molar-refractivity contribution is 0.102. The van der Waals surface area contributed by atoms with Crippen molar-refractivity contribution in [2.45, 2.75) is 11.8 Å². The third-order valence-corrected chi connectivity index (χ3v) is 6.75. The number of sulfonamides is 1. The molecule has 0 unspecified atom stereocenters. The van der Waals surface area contributed by atoms with E-state index in [1.54, 1.807) is 24.3 Å². The van der Waals surface area contributed by atoms with Crippen molar-refractivity contribution in [2.24, 2.45) is 0 Å². The molecule has 33 heavy (non-hydrogen) atoms. The van der Waals surface area contributed by atoms with Gasteiger partial charge in [0.2, 0.25) is 0 Å². The van der Waals surface area contributed by atoms with Crippen LogP contribution in [0, 0.1) is 12.7 Å². The summed E-state index contributed by atoms with van der Waals surface area (Å²) in [5, 5.41) is 2.65. The predicted molar refractivity (Wildman–Crippen MR) is 126 cm³/mol. The Bertz CT molecular complexity index is 1260. The van der Waals surface area contributed by atoms with Gasteiger partial charge in [-0.25, -0.2) is 12.8 Å². The number of morpholine rings is 1. The first-order chi connectivity index (χ1) is 15.8. The van der Waals surface area contributed by atoms with E-state index in [0.717, 1.165) is 5.56 Å². The van der Waals surface area contributed by atoms with Crippen LogP contribution in [0.5, 0.6) is 0 Å². The van der Waals surface area contributed by atoms with Crippen LogP contribution in [0.15, 0.2) is 71.6 Å². The molecular weight excluding hydrogens is 445 g/mol. The summed E-state index contributed by atoms with van der Waals surface area (Å²) in [6.07, 6.45) is 0. The van der Waals surface area contributed by atoms with Crippen molar-refractivity contribution in [3.63, 3.8) is 0 Å². The second-order valence-electron chi connectivity index (χ2n) is 7.66. The largest absolute Gasteiger partial charge is 0.378 e. The molecular formula is C24H24FN3O4S. The zero-order chi connectivity index (χ0) is 23.4. The van der Waals surface area contributed by atoms with Crippen LogP contribution in [0.4, 0.5) is 21.5 Å². The summed E-state index contributed by atoms with van der Waals surface area (Å²) in [4.78, 5) is 14.5. The van der Waals surface area contributed by atoms with Crippen molar-refractivity contribution in [1.82, 2.24) is 0 Å². The minimum Gasteiger partial charge on any atom is -0.378 e. The molecule has 3 aromatic rings. The number of ether oxygens (including phenoxy) is 1. The van der Waals surface area contributed by atoms with Gasteiger partial charge in [0.15, 0.2) is 0 Å². The monoisotopic (exact) mass is 469 g/mol. The lowest BCUT2D eigenvalue weighted by atomic mass is 10.2. The number of nitrogens with one attached hydrogen (secondary N) is 2. The number of benzene rings is 3.